The number of fused-ring (bicyclic) bond motifs is 3. The zero-order valence-corrected chi connectivity index (χ0v) is 19.2. The standard InChI is InChI=1S/C34H22O/c1-2-12-23(13-3-1)26-16-8-9-19-29(26)33-30-20-10-11-21-31(30)34(35-33)32-27-17-6-4-14-24(27)22-25-15-5-7-18-28(25)32/h1-2,4-9,11-12,14-19,21-22H,10,20H2. The summed E-state index contributed by atoms with van der Waals surface area (Å²) in [6.45, 7) is 0. The first-order valence-corrected chi connectivity index (χ1v) is 12.1. The zero-order valence-electron chi connectivity index (χ0n) is 19.2. The maximum atomic E-state index is 6.94. The maximum Gasteiger partial charge on any atom is 0.143 e. The average Bonchev–Trinajstić information content (AvgIpc) is 3.31. The summed E-state index contributed by atoms with van der Waals surface area (Å²) in [6.07, 6.45) is 6.50. The van der Waals surface area contributed by atoms with E-state index in [-0.39, 0.29) is 0 Å². The number of hydrogen-bond acceptors (Lipinski definition) is 1. The molecule has 1 aromatic heterocycles. The molecule has 1 heterocycles. The molecular weight excluding hydrogens is 424 g/mol. The summed E-state index contributed by atoms with van der Waals surface area (Å²) in [4.78, 5) is 0. The van der Waals surface area contributed by atoms with Crippen molar-refractivity contribution < 1.29 is 4.42 Å². The van der Waals surface area contributed by atoms with Crippen LogP contribution in [0, 0.1) is 12.1 Å². The van der Waals surface area contributed by atoms with Crippen LogP contribution in [-0.2, 0) is 6.42 Å². The van der Waals surface area contributed by atoms with Crippen LogP contribution in [-0.4, -0.2) is 0 Å². The fraction of sp³-hybridized carbons (Fsp3) is 0.0588. The number of hydrogen-bond donors (Lipinski definition) is 0. The fourth-order valence-electron chi connectivity index (χ4n) is 5.42. The molecular formula is C34H22O. The van der Waals surface area contributed by atoms with E-state index in [1.165, 1.54) is 38.2 Å². The van der Waals surface area contributed by atoms with Crippen molar-refractivity contribution in [2.24, 2.45) is 0 Å². The van der Waals surface area contributed by atoms with Gasteiger partial charge in [0.05, 0.1) is 0 Å². The van der Waals surface area contributed by atoms with E-state index >= 15 is 0 Å². The lowest BCUT2D eigenvalue weighted by molar-refractivity contribution is 0.595. The second-order valence-electron chi connectivity index (χ2n) is 9.04. The molecule has 0 amide bonds. The van der Waals surface area contributed by atoms with Gasteiger partial charge < -0.3 is 4.42 Å². The highest BCUT2D eigenvalue weighted by Crippen LogP contribution is 2.46. The van der Waals surface area contributed by atoms with Crippen LogP contribution in [0.4, 0.5) is 0 Å². The number of rotatable bonds is 3. The van der Waals surface area contributed by atoms with Gasteiger partial charge in [0.15, 0.2) is 0 Å². The summed E-state index contributed by atoms with van der Waals surface area (Å²) in [7, 11) is 0. The third kappa shape index (κ3) is 3.19. The molecule has 164 valence electrons. The SMILES string of the molecule is c1cccc(-c2ccccc2-c2oc(-c3c4ccccc4cc4ccccc34)c3c2CCC=C3)c#1. The molecule has 1 aliphatic rings. The average molecular weight is 447 g/mol. The Morgan fingerprint density at radius 1 is 0.686 bits per heavy atom. The second kappa shape index (κ2) is 8.05. The lowest BCUT2D eigenvalue weighted by Gasteiger charge is -2.12. The van der Waals surface area contributed by atoms with Gasteiger partial charge >= 0.3 is 0 Å². The topological polar surface area (TPSA) is 13.1 Å². The van der Waals surface area contributed by atoms with Crippen molar-refractivity contribution in [3.8, 4) is 33.8 Å². The zero-order chi connectivity index (χ0) is 23.2. The largest absolute Gasteiger partial charge is 0.455 e. The van der Waals surface area contributed by atoms with Crippen molar-refractivity contribution in [1.82, 2.24) is 0 Å². The molecule has 7 rings (SSSR count). The molecule has 0 aliphatic heterocycles. The molecule has 0 spiro atoms. The van der Waals surface area contributed by atoms with Gasteiger partial charge in [-0.15, -0.1) is 0 Å². The third-order valence-electron chi connectivity index (χ3n) is 7.00. The van der Waals surface area contributed by atoms with Crippen molar-refractivity contribution >= 4 is 27.6 Å². The molecule has 0 fully saturated rings. The number of allylic oxidation sites excluding steroid dienone is 1. The monoisotopic (exact) mass is 446 g/mol. The molecule has 1 heteroatoms. The highest BCUT2D eigenvalue weighted by molar-refractivity contribution is 6.13. The van der Waals surface area contributed by atoms with E-state index in [1.807, 2.05) is 12.1 Å². The third-order valence-corrected chi connectivity index (χ3v) is 7.00. The number of benzene rings is 4. The van der Waals surface area contributed by atoms with Crippen LogP contribution in [0.1, 0.15) is 17.5 Å². The Balaban J connectivity index is 1.56. The van der Waals surface area contributed by atoms with Crippen LogP contribution in [0.5, 0.6) is 0 Å². The van der Waals surface area contributed by atoms with Crippen molar-refractivity contribution in [1.29, 1.82) is 0 Å². The van der Waals surface area contributed by atoms with Crippen LogP contribution in [0.15, 0.2) is 108 Å². The van der Waals surface area contributed by atoms with Crippen LogP contribution < -0.4 is 0 Å². The van der Waals surface area contributed by atoms with E-state index in [2.05, 4.69) is 109 Å². The first-order chi connectivity index (χ1) is 17.4. The smallest absolute Gasteiger partial charge is 0.143 e. The summed E-state index contributed by atoms with van der Waals surface area (Å²) >= 11 is 0. The highest BCUT2D eigenvalue weighted by atomic mass is 16.3. The Kier molecular flexibility index (Phi) is 4.57. The van der Waals surface area contributed by atoms with Crippen LogP contribution in [0.2, 0.25) is 0 Å². The number of furan rings is 1. The highest BCUT2D eigenvalue weighted by Gasteiger charge is 2.26. The summed E-state index contributed by atoms with van der Waals surface area (Å²) in [5.74, 6) is 1.92. The molecule has 6 aromatic rings. The summed E-state index contributed by atoms with van der Waals surface area (Å²) < 4.78 is 6.94. The van der Waals surface area contributed by atoms with Crippen molar-refractivity contribution in [3.05, 3.63) is 126 Å². The molecule has 0 bridgehead atoms. The van der Waals surface area contributed by atoms with E-state index < -0.39 is 0 Å². The minimum atomic E-state index is 0.956. The lowest BCUT2D eigenvalue weighted by atomic mass is 9.89. The molecule has 0 atom stereocenters. The molecule has 0 N–H and O–H groups in total. The van der Waals surface area contributed by atoms with Gasteiger partial charge in [-0.25, -0.2) is 0 Å². The van der Waals surface area contributed by atoms with Gasteiger partial charge in [0.2, 0.25) is 0 Å². The normalized spacial score (nSPS) is 12.6. The molecule has 0 saturated carbocycles. The van der Waals surface area contributed by atoms with E-state index in [0.29, 0.717) is 0 Å². The molecule has 0 radical (unpaired) electrons. The van der Waals surface area contributed by atoms with Gasteiger partial charge in [-0.3, -0.25) is 0 Å². The molecule has 5 aromatic carbocycles. The molecule has 1 aliphatic carbocycles. The molecule has 1 nitrogen and oxygen atoms in total. The Labute approximate surface area is 205 Å². The van der Waals surface area contributed by atoms with Crippen molar-refractivity contribution in [2.75, 3.05) is 0 Å². The van der Waals surface area contributed by atoms with Crippen molar-refractivity contribution in [2.45, 2.75) is 12.8 Å². The molecule has 0 unspecified atom stereocenters. The second-order valence-corrected chi connectivity index (χ2v) is 9.04. The minimum absolute atomic E-state index is 0.956. The van der Waals surface area contributed by atoms with E-state index in [9.17, 15) is 0 Å². The molecule has 0 saturated heterocycles. The Morgan fingerprint density at radius 3 is 2.14 bits per heavy atom. The van der Waals surface area contributed by atoms with Crippen molar-refractivity contribution in [3.63, 3.8) is 0 Å². The van der Waals surface area contributed by atoms with E-state index in [4.69, 9.17) is 4.42 Å². The van der Waals surface area contributed by atoms with Crippen LogP contribution >= 0.6 is 0 Å². The lowest BCUT2D eigenvalue weighted by Crippen LogP contribution is -1.94. The van der Waals surface area contributed by atoms with Gasteiger partial charge in [-0.2, -0.15) is 0 Å². The summed E-state index contributed by atoms with van der Waals surface area (Å²) in [5.41, 5.74) is 6.90. The van der Waals surface area contributed by atoms with Crippen LogP contribution in [0.25, 0.3) is 61.4 Å². The predicted molar refractivity (Wildman–Crippen MR) is 145 cm³/mol. The summed E-state index contributed by atoms with van der Waals surface area (Å²) in [6, 6.07) is 40.4. The fourth-order valence-corrected chi connectivity index (χ4v) is 5.42. The first kappa shape index (κ1) is 19.9. The summed E-state index contributed by atoms with van der Waals surface area (Å²) in [5, 5.41) is 4.88. The minimum Gasteiger partial charge on any atom is -0.455 e. The predicted octanol–water partition coefficient (Wildman–Crippen LogP) is 9.15. The Morgan fingerprint density at radius 2 is 1.40 bits per heavy atom. The van der Waals surface area contributed by atoms with E-state index in [1.54, 1.807) is 0 Å². The maximum absolute atomic E-state index is 6.94. The Hall–Kier alpha value is -4.54. The van der Waals surface area contributed by atoms with E-state index in [0.717, 1.165) is 41.1 Å². The van der Waals surface area contributed by atoms with Crippen LogP contribution in [0.3, 0.4) is 0 Å². The Bertz CT molecular complexity index is 1680. The van der Waals surface area contributed by atoms with Gasteiger partial charge in [-0.05, 0) is 52.6 Å². The van der Waals surface area contributed by atoms with Gasteiger partial charge in [0, 0.05) is 33.4 Å². The van der Waals surface area contributed by atoms with Gasteiger partial charge in [0.25, 0.3) is 0 Å². The first-order valence-electron chi connectivity index (χ1n) is 12.1. The van der Waals surface area contributed by atoms with Gasteiger partial charge in [-0.1, -0.05) is 103 Å². The molecule has 35 heavy (non-hydrogen) atoms. The quantitative estimate of drug-likeness (QED) is 0.247. The van der Waals surface area contributed by atoms with Gasteiger partial charge in [0.1, 0.15) is 11.5 Å².